The lowest BCUT2D eigenvalue weighted by Gasteiger charge is -2.02. The molecule has 1 N–H and O–H groups in total. The minimum atomic E-state index is -0.0305. The Balaban J connectivity index is 1.46. The van der Waals surface area contributed by atoms with Crippen LogP contribution in [0.2, 0.25) is 0 Å². The number of aromatic nitrogens is 3. The monoisotopic (exact) mass is 397 g/mol. The summed E-state index contributed by atoms with van der Waals surface area (Å²) in [7, 11) is 0. The molecule has 29 heavy (non-hydrogen) atoms. The Hall–Kier alpha value is -3.44. The van der Waals surface area contributed by atoms with Crippen molar-refractivity contribution in [1.82, 2.24) is 14.6 Å². The van der Waals surface area contributed by atoms with Crippen molar-refractivity contribution >= 4 is 17.0 Å². The number of aryl methyl sites for hydroxylation is 2. The van der Waals surface area contributed by atoms with Crippen molar-refractivity contribution < 1.29 is 0 Å². The van der Waals surface area contributed by atoms with Gasteiger partial charge in [-0.1, -0.05) is 60.7 Å². The third kappa shape index (κ3) is 3.41. The molecule has 0 saturated carbocycles. The SMILES string of the molecule is O=c1c(CCc2ccccc2)cnc2c(-c3cc(-c4ccccc4)cs3)c[nH]n12. The van der Waals surface area contributed by atoms with Gasteiger partial charge in [0, 0.05) is 22.8 Å². The Bertz CT molecular complexity index is 1320. The van der Waals surface area contributed by atoms with Crippen LogP contribution in [0.25, 0.3) is 27.2 Å². The fourth-order valence-electron chi connectivity index (χ4n) is 3.53. The topological polar surface area (TPSA) is 50.2 Å². The zero-order valence-electron chi connectivity index (χ0n) is 15.7. The van der Waals surface area contributed by atoms with Crippen molar-refractivity contribution in [3.05, 3.63) is 106 Å². The molecule has 0 radical (unpaired) electrons. The van der Waals surface area contributed by atoms with E-state index in [1.54, 1.807) is 22.0 Å². The predicted octanol–water partition coefficient (Wildman–Crippen LogP) is 5.20. The number of nitrogens with one attached hydrogen (secondary N) is 1. The van der Waals surface area contributed by atoms with Gasteiger partial charge in [-0.2, -0.15) is 0 Å². The Labute approximate surface area is 172 Å². The van der Waals surface area contributed by atoms with Crippen LogP contribution in [0.3, 0.4) is 0 Å². The Morgan fingerprint density at radius 2 is 1.69 bits per heavy atom. The first-order valence-corrected chi connectivity index (χ1v) is 10.4. The summed E-state index contributed by atoms with van der Waals surface area (Å²) in [5.74, 6) is 0. The van der Waals surface area contributed by atoms with Crippen LogP contribution in [0.5, 0.6) is 0 Å². The Morgan fingerprint density at radius 3 is 2.48 bits per heavy atom. The summed E-state index contributed by atoms with van der Waals surface area (Å²) in [6.07, 6.45) is 5.09. The maximum absolute atomic E-state index is 12.9. The van der Waals surface area contributed by atoms with E-state index in [2.05, 4.69) is 45.8 Å². The molecule has 0 spiro atoms. The molecule has 0 aliphatic rings. The van der Waals surface area contributed by atoms with Gasteiger partial charge in [0.2, 0.25) is 0 Å². The molecular formula is C24H19N3OS. The first kappa shape index (κ1) is 17.6. The van der Waals surface area contributed by atoms with Gasteiger partial charge in [-0.25, -0.2) is 9.50 Å². The van der Waals surface area contributed by atoms with Crippen LogP contribution < -0.4 is 5.56 Å². The van der Waals surface area contributed by atoms with Gasteiger partial charge in [0.05, 0.1) is 5.56 Å². The Morgan fingerprint density at radius 1 is 0.931 bits per heavy atom. The van der Waals surface area contributed by atoms with E-state index in [9.17, 15) is 4.79 Å². The van der Waals surface area contributed by atoms with Crippen LogP contribution in [0.15, 0.2) is 89.3 Å². The third-order valence-corrected chi connectivity index (χ3v) is 6.07. The van der Waals surface area contributed by atoms with E-state index in [4.69, 9.17) is 0 Å². The largest absolute Gasteiger partial charge is 0.296 e. The highest BCUT2D eigenvalue weighted by Crippen LogP contribution is 2.33. The molecule has 0 fully saturated rings. The van der Waals surface area contributed by atoms with Gasteiger partial charge in [-0.3, -0.25) is 9.89 Å². The molecule has 5 heteroatoms. The quantitative estimate of drug-likeness (QED) is 0.443. The molecule has 0 amide bonds. The van der Waals surface area contributed by atoms with Gasteiger partial charge in [0.1, 0.15) is 0 Å². The van der Waals surface area contributed by atoms with E-state index in [0.29, 0.717) is 12.1 Å². The van der Waals surface area contributed by atoms with Crippen LogP contribution >= 0.6 is 11.3 Å². The molecule has 0 bridgehead atoms. The van der Waals surface area contributed by atoms with E-state index < -0.39 is 0 Å². The average Bonchev–Trinajstić information content (AvgIpc) is 3.42. The molecule has 0 atom stereocenters. The van der Waals surface area contributed by atoms with Crippen LogP contribution in [-0.2, 0) is 12.8 Å². The van der Waals surface area contributed by atoms with E-state index in [1.165, 1.54) is 16.7 Å². The average molecular weight is 398 g/mol. The first-order chi connectivity index (χ1) is 14.3. The lowest BCUT2D eigenvalue weighted by molar-refractivity contribution is 0.843. The van der Waals surface area contributed by atoms with Gasteiger partial charge < -0.3 is 0 Å². The molecule has 142 valence electrons. The molecule has 5 aromatic rings. The fourth-order valence-corrected chi connectivity index (χ4v) is 4.46. The van der Waals surface area contributed by atoms with Crippen molar-refractivity contribution in [3.8, 4) is 21.6 Å². The number of rotatable bonds is 5. The van der Waals surface area contributed by atoms with Gasteiger partial charge in [-0.05, 0) is 41.0 Å². The summed E-state index contributed by atoms with van der Waals surface area (Å²) in [5.41, 5.74) is 5.88. The normalized spacial score (nSPS) is 11.2. The highest BCUT2D eigenvalue weighted by molar-refractivity contribution is 7.14. The molecular weight excluding hydrogens is 378 g/mol. The van der Waals surface area contributed by atoms with Crippen molar-refractivity contribution in [2.45, 2.75) is 12.8 Å². The maximum Gasteiger partial charge on any atom is 0.275 e. The smallest absolute Gasteiger partial charge is 0.275 e. The van der Waals surface area contributed by atoms with E-state index >= 15 is 0 Å². The molecule has 4 nitrogen and oxygen atoms in total. The summed E-state index contributed by atoms with van der Waals surface area (Å²) in [6, 6.07) is 22.6. The Kier molecular flexibility index (Phi) is 4.58. The number of thiophene rings is 1. The summed E-state index contributed by atoms with van der Waals surface area (Å²) in [4.78, 5) is 18.6. The molecule has 3 aromatic heterocycles. The first-order valence-electron chi connectivity index (χ1n) is 9.56. The molecule has 5 rings (SSSR count). The standard InChI is InChI=1S/C24H19N3OS/c28-24-19(12-11-17-7-3-1-4-8-17)14-25-23-21(15-26-27(23)24)22-13-20(16-29-22)18-9-5-2-6-10-18/h1-10,13-16,26H,11-12H2. The second-order valence-electron chi connectivity index (χ2n) is 6.99. The minimum absolute atomic E-state index is 0.0305. The highest BCUT2D eigenvalue weighted by Gasteiger charge is 2.14. The zero-order chi connectivity index (χ0) is 19.6. The lowest BCUT2D eigenvalue weighted by Crippen LogP contribution is -2.20. The van der Waals surface area contributed by atoms with E-state index in [0.717, 1.165) is 22.4 Å². The van der Waals surface area contributed by atoms with Gasteiger partial charge in [-0.15, -0.1) is 11.3 Å². The van der Waals surface area contributed by atoms with Crippen LogP contribution in [0, 0.1) is 0 Å². The second-order valence-corrected chi connectivity index (χ2v) is 7.90. The summed E-state index contributed by atoms with van der Waals surface area (Å²) in [5, 5.41) is 5.23. The highest BCUT2D eigenvalue weighted by atomic mass is 32.1. The number of benzene rings is 2. The van der Waals surface area contributed by atoms with Crippen molar-refractivity contribution in [2.24, 2.45) is 0 Å². The number of hydrogen-bond donors (Lipinski definition) is 1. The van der Waals surface area contributed by atoms with Crippen molar-refractivity contribution in [1.29, 1.82) is 0 Å². The number of hydrogen-bond acceptors (Lipinski definition) is 3. The van der Waals surface area contributed by atoms with Gasteiger partial charge >= 0.3 is 0 Å². The predicted molar refractivity (Wildman–Crippen MR) is 118 cm³/mol. The number of nitrogens with zero attached hydrogens (tertiary/aromatic N) is 2. The van der Waals surface area contributed by atoms with Crippen molar-refractivity contribution in [2.75, 3.05) is 0 Å². The van der Waals surface area contributed by atoms with Crippen LogP contribution in [0.4, 0.5) is 0 Å². The molecule has 0 aliphatic carbocycles. The van der Waals surface area contributed by atoms with E-state index in [-0.39, 0.29) is 5.56 Å². The number of H-pyrrole nitrogens is 1. The summed E-state index contributed by atoms with van der Waals surface area (Å²) >= 11 is 1.66. The third-order valence-electron chi connectivity index (χ3n) is 5.11. The minimum Gasteiger partial charge on any atom is -0.296 e. The maximum atomic E-state index is 12.9. The molecule has 3 heterocycles. The second kappa shape index (κ2) is 7.53. The zero-order valence-corrected chi connectivity index (χ0v) is 16.5. The molecule has 0 saturated heterocycles. The summed E-state index contributed by atoms with van der Waals surface area (Å²) < 4.78 is 1.55. The van der Waals surface area contributed by atoms with Crippen molar-refractivity contribution in [3.63, 3.8) is 0 Å². The van der Waals surface area contributed by atoms with Crippen LogP contribution in [-0.4, -0.2) is 14.6 Å². The van der Waals surface area contributed by atoms with E-state index in [1.807, 2.05) is 42.6 Å². The van der Waals surface area contributed by atoms with Gasteiger partial charge in [0.25, 0.3) is 5.56 Å². The number of fused-ring (bicyclic) bond motifs is 1. The number of aromatic amines is 1. The lowest BCUT2D eigenvalue weighted by atomic mass is 10.1. The van der Waals surface area contributed by atoms with Gasteiger partial charge in [0.15, 0.2) is 5.65 Å². The fraction of sp³-hybridized carbons (Fsp3) is 0.0833. The summed E-state index contributed by atoms with van der Waals surface area (Å²) in [6.45, 7) is 0. The molecule has 0 unspecified atom stereocenters. The van der Waals surface area contributed by atoms with Crippen LogP contribution in [0.1, 0.15) is 11.1 Å². The molecule has 2 aromatic carbocycles. The molecule has 0 aliphatic heterocycles.